The summed E-state index contributed by atoms with van der Waals surface area (Å²) in [6.45, 7) is 2.90. The SMILES string of the molecule is CC=CCCC1CCC(CCC2COC(c3cc(F)c(C(F)(F)Cl)c(F)c3)OC2)CC1. The summed E-state index contributed by atoms with van der Waals surface area (Å²) in [5, 5.41) is -4.11. The summed E-state index contributed by atoms with van der Waals surface area (Å²) < 4.78 is 65.5. The molecule has 2 fully saturated rings. The lowest BCUT2D eigenvalue weighted by Gasteiger charge is -2.32. The van der Waals surface area contributed by atoms with Crippen molar-refractivity contribution in [2.45, 2.75) is 70.0 Å². The standard InChI is InChI=1S/C24H31ClF4O2/c1-2-3-4-5-16-6-8-17(9-7-16)10-11-18-14-30-23(31-15-18)19-12-20(26)22(21(27)13-19)24(25,28)29/h2-3,12-13,16-18,23H,4-11,14-15H2,1H3. The quantitative estimate of drug-likeness (QED) is 0.222. The molecule has 0 N–H and O–H groups in total. The number of hydrogen-bond donors (Lipinski definition) is 0. The third-order valence-electron chi connectivity index (χ3n) is 6.51. The molecule has 1 saturated carbocycles. The fraction of sp³-hybridized carbons (Fsp3) is 0.667. The number of halogens is 5. The highest BCUT2D eigenvalue weighted by Crippen LogP contribution is 2.39. The van der Waals surface area contributed by atoms with Crippen LogP contribution in [-0.4, -0.2) is 13.2 Å². The maximum absolute atomic E-state index is 14.0. The third kappa shape index (κ3) is 6.93. The van der Waals surface area contributed by atoms with Crippen molar-refractivity contribution in [2.75, 3.05) is 13.2 Å². The minimum Gasteiger partial charge on any atom is -0.348 e. The van der Waals surface area contributed by atoms with Gasteiger partial charge in [-0.05, 0) is 61.8 Å². The first-order valence-corrected chi connectivity index (χ1v) is 11.6. The van der Waals surface area contributed by atoms with Gasteiger partial charge in [-0.25, -0.2) is 8.78 Å². The van der Waals surface area contributed by atoms with E-state index < -0.39 is 28.9 Å². The van der Waals surface area contributed by atoms with E-state index in [1.807, 2.05) is 0 Å². The molecule has 0 radical (unpaired) electrons. The molecule has 1 aromatic carbocycles. The van der Waals surface area contributed by atoms with E-state index in [0.717, 1.165) is 36.8 Å². The van der Waals surface area contributed by atoms with Crippen molar-refractivity contribution >= 4 is 11.6 Å². The van der Waals surface area contributed by atoms with E-state index in [9.17, 15) is 17.6 Å². The van der Waals surface area contributed by atoms with Crippen LogP contribution in [0.3, 0.4) is 0 Å². The Hall–Kier alpha value is -1.11. The van der Waals surface area contributed by atoms with E-state index in [-0.39, 0.29) is 11.5 Å². The molecule has 1 aliphatic carbocycles. The average molecular weight is 463 g/mol. The van der Waals surface area contributed by atoms with E-state index in [1.54, 1.807) is 0 Å². The van der Waals surface area contributed by atoms with Crippen molar-refractivity contribution in [1.82, 2.24) is 0 Å². The molecule has 2 nitrogen and oxygen atoms in total. The molecular formula is C24H31ClF4O2. The van der Waals surface area contributed by atoms with Crippen LogP contribution in [0.4, 0.5) is 17.6 Å². The largest absolute Gasteiger partial charge is 0.353 e. The second-order valence-electron chi connectivity index (χ2n) is 8.83. The predicted molar refractivity (Wildman–Crippen MR) is 113 cm³/mol. The smallest absolute Gasteiger partial charge is 0.348 e. The summed E-state index contributed by atoms with van der Waals surface area (Å²) in [6.07, 6.45) is 13.1. The zero-order valence-corrected chi connectivity index (χ0v) is 18.7. The number of alkyl halides is 3. The highest BCUT2D eigenvalue weighted by molar-refractivity contribution is 6.21. The van der Waals surface area contributed by atoms with Crippen LogP contribution in [0.25, 0.3) is 0 Å². The van der Waals surface area contributed by atoms with Crippen LogP contribution in [0.5, 0.6) is 0 Å². The Labute approximate surface area is 186 Å². The molecule has 1 heterocycles. The number of benzene rings is 1. The second-order valence-corrected chi connectivity index (χ2v) is 9.31. The van der Waals surface area contributed by atoms with Gasteiger partial charge in [-0.1, -0.05) is 44.3 Å². The topological polar surface area (TPSA) is 18.5 Å². The monoisotopic (exact) mass is 462 g/mol. The molecule has 0 spiro atoms. The molecule has 1 aromatic rings. The van der Waals surface area contributed by atoms with Gasteiger partial charge in [-0.2, -0.15) is 8.78 Å². The van der Waals surface area contributed by atoms with Gasteiger partial charge in [0, 0.05) is 11.5 Å². The molecule has 0 amide bonds. The average Bonchev–Trinajstić information content (AvgIpc) is 2.72. The Morgan fingerprint density at radius 2 is 1.45 bits per heavy atom. The van der Waals surface area contributed by atoms with Gasteiger partial charge in [-0.15, -0.1) is 0 Å². The number of ether oxygens (including phenoxy) is 2. The normalized spacial score (nSPS) is 27.7. The Balaban J connectivity index is 1.42. The fourth-order valence-electron chi connectivity index (χ4n) is 4.68. The molecule has 0 aromatic heterocycles. The van der Waals surface area contributed by atoms with Crippen molar-refractivity contribution < 1.29 is 27.0 Å². The van der Waals surface area contributed by atoms with Crippen molar-refractivity contribution in [3.05, 3.63) is 47.0 Å². The fourth-order valence-corrected chi connectivity index (χ4v) is 4.86. The molecule has 31 heavy (non-hydrogen) atoms. The van der Waals surface area contributed by atoms with Gasteiger partial charge in [0.1, 0.15) is 17.2 Å². The summed E-state index contributed by atoms with van der Waals surface area (Å²) in [5.41, 5.74) is -1.42. The Bertz CT molecular complexity index is 711. The van der Waals surface area contributed by atoms with Gasteiger partial charge in [0.15, 0.2) is 6.29 Å². The van der Waals surface area contributed by atoms with E-state index in [2.05, 4.69) is 19.1 Å². The summed E-state index contributed by atoms with van der Waals surface area (Å²) >= 11 is 4.78. The van der Waals surface area contributed by atoms with Gasteiger partial charge in [0.25, 0.3) is 0 Å². The maximum Gasteiger partial charge on any atom is 0.353 e. The Kier molecular flexibility index (Phi) is 8.82. The van der Waals surface area contributed by atoms with Crippen LogP contribution < -0.4 is 0 Å². The number of hydrogen-bond acceptors (Lipinski definition) is 2. The van der Waals surface area contributed by atoms with Crippen LogP contribution >= 0.6 is 11.6 Å². The molecule has 0 bridgehead atoms. The van der Waals surface area contributed by atoms with Gasteiger partial charge in [-0.3, -0.25) is 0 Å². The zero-order valence-electron chi connectivity index (χ0n) is 17.9. The first kappa shape index (κ1) is 24.5. The van der Waals surface area contributed by atoms with Crippen LogP contribution in [0.15, 0.2) is 24.3 Å². The van der Waals surface area contributed by atoms with Gasteiger partial charge in [0.05, 0.1) is 13.2 Å². The van der Waals surface area contributed by atoms with Crippen LogP contribution in [0, 0.1) is 29.4 Å². The van der Waals surface area contributed by atoms with Gasteiger partial charge < -0.3 is 9.47 Å². The summed E-state index contributed by atoms with van der Waals surface area (Å²) in [5.74, 6) is -1.01. The van der Waals surface area contributed by atoms with Crippen molar-refractivity contribution in [3.8, 4) is 0 Å². The van der Waals surface area contributed by atoms with E-state index in [0.29, 0.717) is 13.2 Å². The molecule has 1 aliphatic heterocycles. The minimum atomic E-state index is -4.11. The third-order valence-corrected chi connectivity index (χ3v) is 6.70. The van der Waals surface area contributed by atoms with E-state index in [1.165, 1.54) is 38.5 Å². The molecule has 2 aliphatic rings. The lowest BCUT2D eigenvalue weighted by Crippen LogP contribution is -2.28. The highest BCUT2D eigenvalue weighted by atomic mass is 35.5. The first-order valence-electron chi connectivity index (χ1n) is 11.2. The summed E-state index contributed by atoms with van der Waals surface area (Å²) in [7, 11) is 0. The van der Waals surface area contributed by atoms with Crippen LogP contribution in [0.2, 0.25) is 0 Å². The highest BCUT2D eigenvalue weighted by Gasteiger charge is 2.36. The maximum atomic E-state index is 14.0. The van der Waals surface area contributed by atoms with Crippen LogP contribution in [0.1, 0.15) is 75.7 Å². The summed E-state index contributed by atoms with van der Waals surface area (Å²) in [6, 6.07) is 1.60. The van der Waals surface area contributed by atoms with E-state index in [4.69, 9.17) is 21.1 Å². The van der Waals surface area contributed by atoms with Crippen molar-refractivity contribution in [2.24, 2.45) is 17.8 Å². The molecule has 3 rings (SSSR count). The van der Waals surface area contributed by atoms with E-state index >= 15 is 0 Å². The van der Waals surface area contributed by atoms with Crippen molar-refractivity contribution in [1.29, 1.82) is 0 Å². The molecule has 0 unspecified atom stereocenters. The number of rotatable bonds is 8. The van der Waals surface area contributed by atoms with Crippen LogP contribution in [-0.2, 0) is 14.9 Å². The minimum absolute atomic E-state index is 0.0364. The molecule has 7 heteroatoms. The lowest BCUT2D eigenvalue weighted by molar-refractivity contribution is -0.206. The Morgan fingerprint density at radius 3 is 1.97 bits per heavy atom. The first-order chi connectivity index (χ1) is 14.8. The second kappa shape index (κ2) is 11.2. The van der Waals surface area contributed by atoms with Crippen molar-refractivity contribution in [3.63, 3.8) is 0 Å². The molecule has 0 atom stereocenters. The summed E-state index contributed by atoms with van der Waals surface area (Å²) in [4.78, 5) is 0. The molecule has 1 saturated heterocycles. The van der Waals surface area contributed by atoms with Gasteiger partial charge in [0.2, 0.25) is 0 Å². The Morgan fingerprint density at radius 1 is 0.935 bits per heavy atom. The molecular weight excluding hydrogens is 432 g/mol. The number of allylic oxidation sites excluding steroid dienone is 2. The van der Waals surface area contributed by atoms with Gasteiger partial charge >= 0.3 is 5.38 Å². The molecule has 174 valence electrons. The lowest BCUT2D eigenvalue weighted by atomic mass is 9.77. The predicted octanol–water partition coefficient (Wildman–Crippen LogP) is 7.86. The zero-order chi connectivity index (χ0) is 22.4.